The van der Waals surface area contributed by atoms with Crippen LogP contribution in [0, 0.1) is 3.57 Å². The highest BCUT2D eigenvalue weighted by Crippen LogP contribution is 2.30. The first-order valence-corrected chi connectivity index (χ1v) is 6.62. The molecule has 1 heterocycles. The highest BCUT2D eigenvalue weighted by molar-refractivity contribution is 14.1. The van der Waals surface area contributed by atoms with Crippen LogP contribution in [-0.4, -0.2) is 29.3 Å². The number of aliphatic hydroxyl groups is 1. The molecule has 0 aliphatic heterocycles. The molecular formula is C13H13IN2O3. The number of rotatable bonds is 4. The van der Waals surface area contributed by atoms with Crippen LogP contribution in [0.4, 0.5) is 0 Å². The van der Waals surface area contributed by atoms with Gasteiger partial charge in [-0.3, -0.25) is 0 Å². The average molecular weight is 372 g/mol. The summed E-state index contributed by atoms with van der Waals surface area (Å²) in [6.07, 6.45) is 0.568. The highest BCUT2D eigenvalue weighted by Gasteiger charge is 2.20. The fourth-order valence-electron chi connectivity index (χ4n) is 1.65. The predicted octanol–water partition coefficient (Wildman–Crippen LogP) is 2.18. The summed E-state index contributed by atoms with van der Waals surface area (Å²) < 4.78 is 11.1. The Bertz CT molecular complexity index is 578. The van der Waals surface area contributed by atoms with Crippen LogP contribution in [-0.2, 0) is 0 Å². The van der Waals surface area contributed by atoms with Gasteiger partial charge in [-0.2, -0.15) is 4.98 Å². The Morgan fingerprint density at radius 2 is 1.95 bits per heavy atom. The van der Waals surface area contributed by atoms with Crippen molar-refractivity contribution in [2.45, 2.75) is 6.10 Å². The number of ether oxygens (including phenoxy) is 2. The molecule has 6 heteroatoms. The molecule has 1 aromatic heterocycles. The number of hydrogen-bond donors (Lipinski definition) is 1. The minimum atomic E-state index is -0.888. The minimum absolute atomic E-state index is 0.256. The lowest BCUT2D eigenvalue weighted by Gasteiger charge is -2.15. The number of methoxy groups -OCH3 is 2. The van der Waals surface area contributed by atoms with Crippen LogP contribution in [0.5, 0.6) is 11.8 Å². The first-order chi connectivity index (χ1) is 9.17. The van der Waals surface area contributed by atoms with E-state index in [0.717, 1.165) is 9.13 Å². The standard InChI is InChI=1S/C13H13IN2O3/c1-18-10-7-15-11(13(16-10)19-2)12(17)8-5-3-4-6-9(8)14/h3-7,12,17H,1-2H3. The third kappa shape index (κ3) is 2.95. The van der Waals surface area contributed by atoms with Gasteiger partial charge in [0, 0.05) is 9.13 Å². The third-order valence-electron chi connectivity index (χ3n) is 2.61. The quantitative estimate of drug-likeness (QED) is 0.834. The molecule has 0 aliphatic rings. The van der Waals surface area contributed by atoms with E-state index in [9.17, 15) is 5.11 Å². The zero-order valence-corrected chi connectivity index (χ0v) is 12.7. The van der Waals surface area contributed by atoms with Crippen LogP contribution >= 0.6 is 22.6 Å². The van der Waals surface area contributed by atoms with Crippen LogP contribution < -0.4 is 9.47 Å². The second-order valence-electron chi connectivity index (χ2n) is 3.73. The third-order valence-corrected chi connectivity index (χ3v) is 3.59. The van der Waals surface area contributed by atoms with Crippen molar-refractivity contribution in [1.82, 2.24) is 9.97 Å². The fraction of sp³-hybridized carbons (Fsp3) is 0.231. The highest BCUT2D eigenvalue weighted by atomic mass is 127. The van der Waals surface area contributed by atoms with E-state index in [0.29, 0.717) is 11.6 Å². The summed E-state index contributed by atoms with van der Waals surface area (Å²) in [6, 6.07) is 7.54. The molecule has 2 rings (SSSR count). The van der Waals surface area contributed by atoms with Gasteiger partial charge in [-0.25, -0.2) is 4.98 Å². The minimum Gasteiger partial charge on any atom is -0.480 e. The summed E-state index contributed by atoms with van der Waals surface area (Å²) in [6.45, 7) is 0. The van der Waals surface area contributed by atoms with Crippen molar-refractivity contribution in [2.24, 2.45) is 0 Å². The molecule has 0 radical (unpaired) electrons. The maximum Gasteiger partial charge on any atom is 0.241 e. The monoisotopic (exact) mass is 372 g/mol. The molecular weight excluding hydrogens is 359 g/mol. The lowest BCUT2D eigenvalue weighted by molar-refractivity contribution is 0.206. The summed E-state index contributed by atoms with van der Waals surface area (Å²) in [5.74, 6) is 0.599. The van der Waals surface area contributed by atoms with E-state index in [1.165, 1.54) is 20.4 Å². The molecule has 0 spiro atoms. The molecule has 1 aromatic carbocycles. The first kappa shape index (κ1) is 14.0. The van der Waals surface area contributed by atoms with Crippen molar-refractivity contribution in [1.29, 1.82) is 0 Å². The number of aromatic nitrogens is 2. The lowest BCUT2D eigenvalue weighted by Crippen LogP contribution is -2.08. The van der Waals surface area contributed by atoms with Crippen molar-refractivity contribution in [3.63, 3.8) is 0 Å². The molecule has 5 nitrogen and oxygen atoms in total. The Hall–Kier alpha value is -1.41. The molecule has 1 unspecified atom stereocenters. The van der Waals surface area contributed by atoms with Gasteiger partial charge >= 0.3 is 0 Å². The zero-order valence-electron chi connectivity index (χ0n) is 10.5. The largest absolute Gasteiger partial charge is 0.480 e. The van der Waals surface area contributed by atoms with Crippen molar-refractivity contribution in [3.8, 4) is 11.8 Å². The molecule has 1 N–H and O–H groups in total. The van der Waals surface area contributed by atoms with E-state index >= 15 is 0 Å². The maximum absolute atomic E-state index is 10.4. The number of aliphatic hydroxyl groups excluding tert-OH is 1. The Morgan fingerprint density at radius 1 is 1.21 bits per heavy atom. The van der Waals surface area contributed by atoms with E-state index in [2.05, 4.69) is 32.6 Å². The van der Waals surface area contributed by atoms with Crippen LogP contribution in [0.2, 0.25) is 0 Å². The molecule has 100 valence electrons. The molecule has 0 saturated heterocycles. The maximum atomic E-state index is 10.4. The van der Waals surface area contributed by atoms with Crippen LogP contribution in [0.3, 0.4) is 0 Å². The summed E-state index contributed by atoms with van der Waals surface area (Å²) in [5, 5.41) is 10.4. The Morgan fingerprint density at radius 3 is 2.58 bits per heavy atom. The van der Waals surface area contributed by atoms with Gasteiger partial charge in [-0.15, -0.1) is 0 Å². The van der Waals surface area contributed by atoms with Gasteiger partial charge in [0.1, 0.15) is 11.8 Å². The number of hydrogen-bond acceptors (Lipinski definition) is 5. The fourth-order valence-corrected chi connectivity index (χ4v) is 2.33. The Kier molecular flexibility index (Phi) is 4.54. The number of benzene rings is 1. The second-order valence-corrected chi connectivity index (χ2v) is 4.89. The molecule has 0 fully saturated rings. The SMILES string of the molecule is COc1cnc(C(O)c2ccccc2I)c(OC)n1. The lowest BCUT2D eigenvalue weighted by atomic mass is 10.1. The first-order valence-electron chi connectivity index (χ1n) is 5.54. The topological polar surface area (TPSA) is 64.5 Å². The summed E-state index contributed by atoms with van der Waals surface area (Å²) in [4.78, 5) is 8.29. The number of halogens is 1. The second kappa shape index (κ2) is 6.16. The van der Waals surface area contributed by atoms with E-state index < -0.39 is 6.10 Å². The zero-order chi connectivity index (χ0) is 13.8. The normalized spacial score (nSPS) is 12.0. The van der Waals surface area contributed by atoms with Crippen LogP contribution in [0.25, 0.3) is 0 Å². The van der Waals surface area contributed by atoms with E-state index in [1.54, 1.807) is 0 Å². The predicted molar refractivity (Wildman–Crippen MR) is 78.4 cm³/mol. The van der Waals surface area contributed by atoms with E-state index in [-0.39, 0.29) is 5.88 Å². The van der Waals surface area contributed by atoms with Gasteiger partial charge in [0.25, 0.3) is 0 Å². The van der Waals surface area contributed by atoms with E-state index in [1.807, 2.05) is 24.3 Å². The molecule has 0 aliphatic carbocycles. The van der Waals surface area contributed by atoms with Gasteiger partial charge in [0.05, 0.1) is 20.4 Å². The van der Waals surface area contributed by atoms with Gasteiger partial charge in [0.2, 0.25) is 11.8 Å². The van der Waals surface area contributed by atoms with Crippen LogP contribution in [0.1, 0.15) is 17.4 Å². The molecule has 0 amide bonds. The van der Waals surface area contributed by atoms with Crippen molar-refractivity contribution < 1.29 is 14.6 Å². The molecule has 19 heavy (non-hydrogen) atoms. The number of nitrogens with zero attached hydrogens (tertiary/aromatic N) is 2. The average Bonchev–Trinajstić information content (AvgIpc) is 2.46. The van der Waals surface area contributed by atoms with Crippen molar-refractivity contribution in [3.05, 3.63) is 45.3 Å². The van der Waals surface area contributed by atoms with Gasteiger partial charge in [-0.1, -0.05) is 18.2 Å². The summed E-state index contributed by atoms with van der Waals surface area (Å²) in [7, 11) is 2.98. The molecule has 0 bridgehead atoms. The Balaban J connectivity index is 2.44. The van der Waals surface area contributed by atoms with Gasteiger partial charge in [0.15, 0.2) is 0 Å². The Labute approximate surface area is 124 Å². The summed E-state index contributed by atoms with van der Waals surface area (Å²) >= 11 is 2.17. The van der Waals surface area contributed by atoms with Crippen LogP contribution in [0.15, 0.2) is 30.5 Å². The van der Waals surface area contributed by atoms with Gasteiger partial charge < -0.3 is 14.6 Å². The molecule has 2 aromatic rings. The molecule has 1 atom stereocenters. The molecule has 0 saturated carbocycles. The van der Waals surface area contributed by atoms with E-state index in [4.69, 9.17) is 9.47 Å². The van der Waals surface area contributed by atoms with Crippen molar-refractivity contribution in [2.75, 3.05) is 14.2 Å². The van der Waals surface area contributed by atoms with Gasteiger partial charge in [-0.05, 0) is 28.7 Å². The smallest absolute Gasteiger partial charge is 0.241 e. The summed E-state index contributed by atoms with van der Waals surface area (Å²) in [5.41, 5.74) is 1.13. The van der Waals surface area contributed by atoms with Crippen molar-refractivity contribution >= 4 is 22.6 Å².